The molecule has 0 amide bonds. The van der Waals surface area contributed by atoms with Crippen molar-refractivity contribution in [2.75, 3.05) is 6.61 Å². The third kappa shape index (κ3) is 5.59. The summed E-state index contributed by atoms with van der Waals surface area (Å²) in [6.45, 7) is 0.267. The molecule has 0 radical (unpaired) electrons. The second-order valence-electron chi connectivity index (χ2n) is 10.6. The topological polar surface area (TPSA) is 35.5 Å². The second kappa shape index (κ2) is 12.4. The van der Waals surface area contributed by atoms with Crippen molar-refractivity contribution >= 4 is 5.97 Å². The predicted molar refractivity (Wildman–Crippen MR) is 162 cm³/mol. The van der Waals surface area contributed by atoms with E-state index >= 15 is 0 Å². The maximum absolute atomic E-state index is 12.8. The van der Waals surface area contributed by atoms with E-state index in [1.807, 2.05) is 66.7 Å². The molecule has 1 saturated heterocycles. The molecule has 5 aromatic rings. The maximum atomic E-state index is 12.8. The lowest BCUT2D eigenvalue weighted by atomic mass is 9.79. The molecule has 3 heteroatoms. The first-order chi connectivity index (χ1) is 20.3. The Morgan fingerprint density at radius 3 is 1.37 bits per heavy atom. The fourth-order valence-corrected chi connectivity index (χ4v) is 6.04. The van der Waals surface area contributed by atoms with E-state index in [1.54, 1.807) is 0 Å². The number of benzene rings is 5. The van der Waals surface area contributed by atoms with Crippen molar-refractivity contribution in [2.45, 2.75) is 30.5 Å². The average Bonchev–Trinajstić information content (AvgIpc) is 3.05. The van der Waals surface area contributed by atoms with Crippen molar-refractivity contribution in [1.29, 1.82) is 0 Å². The quantitative estimate of drug-likeness (QED) is 0.126. The lowest BCUT2D eigenvalue weighted by molar-refractivity contribution is -0.194. The zero-order valence-corrected chi connectivity index (χ0v) is 23.0. The third-order valence-electron chi connectivity index (χ3n) is 8.18. The Hall–Kier alpha value is -4.47. The van der Waals surface area contributed by atoms with Crippen molar-refractivity contribution in [2.24, 2.45) is 5.92 Å². The molecular formula is C38H34O3. The summed E-state index contributed by atoms with van der Waals surface area (Å²) >= 11 is 0. The summed E-state index contributed by atoms with van der Waals surface area (Å²) in [5, 5.41) is 0. The summed E-state index contributed by atoms with van der Waals surface area (Å²) in [7, 11) is 0. The number of carbonyl (C=O) groups excluding carboxylic acids is 1. The van der Waals surface area contributed by atoms with Gasteiger partial charge in [-0.3, -0.25) is 4.79 Å². The minimum Gasteiger partial charge on any atom is -0.461 e. The molecule has 0 spiro atoms. The van der Waals surface area contributed by atoms with Gasteiger partial charge >= 0.3 is 5.97 Å². The Bertz CT molecular complexity index is 1380. The molecule has 0 aliphatic carbocycles. The van der Waals surface area contributed by atoms with Gasteiger partial charge in [0.05, 0.1) is 6.61 Å². The van der Waals surface area contributed by atoms with E-state index in [0.29, 0.717) is 0 Å². The molecule has 3 nitrogen and oxygen atoms in total. The lowest BCUT2D eigenvalue weighted by Gasteiger charge is -2.41. The van der Waals surface area contributed by atoms with Gasteiger partial charge in [0.1, 0.15) is 17.6 Å². The molecule has 0 unspecified atom stereocenters. The monoisotopic (exact) mass is 538 g/mol. The van der Waals surface area contributed by atoms with Crippen LogP contribution in [-0.2, 0) is 19.9 Å². The Balaban J connectivity index is 1.26. The van der Waals surface area contributed by atoms with Gasteiger partial charge in [0.25, 0.3) is 0 Å². The van der Waals surface area contributed by atoms with Gasteiger partial charge < -0.3 is 9.47 Å². The normalized spacial score (nSPS) is 16.7. The van der Waals surface area contributed by atoms with Crippen LogP contribution >= 0.6 is 0 Å². The van der Waals surface area contributed by atoms with E-state index < -0.39 is 5.60 Å². The zero-order valence-electron chi connectivity index (χ0n) is 23.0. The summed E-state index contributed by atoms with van der Waals surface area (Å²) in [5.41, 5.74) is 4.75. The standard InChI is InChI=1S/C38H34O3/c39-37-35(36(41-37)27-26-34(29-16-6-1-7-17-29)30-18-8-2-9-19-30)28-40-38(31-20-10-3-11-21-31,32-22-12-4-13-23-32)33-24-14-5-15-25-33/h1-25,34-36H,26-28H2/t35-,36-/m0/s1. The highest BCUT2D eigenvalue weighted by atomic mass is 16.6. The number of cyclic esters (lactones) is 1. The number of ether oxygens (including phenoxy) is 2. The lowest BCUT2D eigenvalue weighted by Crippen LogP contribution is -2.49. The van der Waals surface area contributed by atoms with Crippen LogP contribution in [0.25, 0.3) is 0 Å². The smallest absolute Gasteiger partial charge is 0.315 e. The molecule has 0 bridgehead atoms. The Kier molecular flexibility index (Phi) is 8.06. The van der Waals surface area contributed by atoms with Gasteiger partial charge in [-0.2, -0.15) is 0 Å². The summed E-state index contributed by atoms with van der Waals surface area (Å²) in [5.74, 6) is -0.276. The van der Waals surface area contributed by atoms with Crippen LogP contribution in [0.2, 0.25) is 0 Å². The average molecular weight is 539 g/mol. The Morgan fingerprint density at radius 2 is 0.976 bits per heavy atom. The van der Waals surface area contributed by atoms with Crippen molar-refractivity contribution in [3.05, 3.63) is 179 Å². The molecule has 0 N–H and O–H groups in total. The molecular weight excluding hydrogens is 504 g/mol. The molecule has 6 rings (SSSR count). The van der Waals surface area contributed by atoms with E-state index in [4.69, 9.17) is 9.47 Å². The number of rotatable bonds is 11. The summed E-state index contributed by atoms with van der Waals surface area (Å²) < 4.78 is 12.7. The SMILES string of the molecule is O=C1O[C@@H](CCC(c2ccccc2)c2ccccc2)[C@@H]1COC(c1ccccc1)(c1ccccc1)c1ccccc1. The van der Waals surface area contributed by atoms with Gasteiger partial charge in [-0.25, -0.2) is 0 Å². The molecule has 2 atom stereocenters. The van der Waals surface area contributed by atoms with Crippen LogP contribution in [-0.4, -0.2) is 18.7 Å². The van der Waals surface area contributed by atoms with Gasteiger partial charge in [0, 0.05) is 5.92 Å². The van der Waals surface area contributed by atoms with E-state index in [1.165, 1.54) is 11.1 Å². The minimum atomic E-state index is -0.860. The third-order valence-corrected chi connectivity index (χ3v) is 8.18. The fourth-order valence-electron chi connectivity index (χ4n) is 6.04. The number of esters is 1. The van der Waals surface area contributed by atoms with Crippen molar-refractivity contribution in [1.82, 2.24) is 0 Å². The van der Waals surface area contributed by atoms with Gasteiger partial charge in [-0.15, -0.1) is 0 Å². The molecule has 5 aromatic carbocycles. The predicted octanol–water partition coefficient (Wildman–Crippen LogP) is 8.15. The van der Waals surface area contributed by atoms with Gasteiger partial charge in [-0.05, 0) is 40.7 Å². The summed E-state index contributed by atoms with van der Waals surface area (Å²) in [6.07, 6.45) is 1.46. The molecule has 0 aromatic heterocycles. The molecule has 1 heterocycles. The zero-order chi connectivity index (χ0) is 27.9. The first kappa shape index (κ1) is 26.7. The highest BCUT2D eigenvalue weighted by Crippen LogP contribution is 2.42. The van der Waals surface area contributed by atoms with E-state index in [-0.39, 0.29) is 30.5 Å². The molecule has 1 fully saturated rings. The Morgan fingerprint density at radius 1 is 0.585 bits per heavy atom. The minimum absolute atomic E-state index is 0.183. The largest absolute Gasteiger partial charge is 0.461 e. The second-order valence-corrected chi connectivity index (χ2v) is 10.6. The van der Waals surface area contributed by atoms with E-state index in [2.05, 4.69) is 84.9 Å². The number of hydrogen-bond acceptors (Lipinski definition) is 3. The fraction of sp³-hybridized carbons (Fsp3) is 0.184. The van der Waals surface area contributed by atoms with E-state index in [0.717, 1.165) is 29.5 Å². The van der Waals surface area contributed by atoms with Crippen molar-refractivity contribution in [3.8, 4) is 0 Å². The first-order valence-electron chi connectivity index (χ1n) is 14.4. The first-order valence-corrected chi connectivity index (χ1v) is 14.4. The Labute approximate surface area is 242 Å². The molecule has 1 aliphatic heterocycles. The van der Waals surface area contributed by atoms with Crippen LogP contribution in [0.5, 0.6) is 0 Å². The van der Waals surface area contributed by atoms with E-state index in [9.17, 15) is 4.79 Å². The van der Waals surface area contributed by atoms with Crippen LogP contribution < -0.4 is 0 Å². The van der Waals surface area contributed by atoms with Crippen LogP contribution in [0.15, 0.2) is 152 Å². The molecule has 1 aliphatic rings. The maximum Gasteiger partial charge on any atom is 0.315 e. The van der Waals surface area contributed by atoms with Gasteiger partial charge in [-0.1, -0.05) is 152 Å². The summed E-state index contributed by atoms with van der Waals surface area (Å²) in [4.78, 5) is 12.8. The van der Waals surface area contributed by atoms with Gasteiger partial charge in [0.15, 0.2) is 0 Å². The molecule has 0 saturated carbocycles. The number of hydrogen-bond donors (Lipinski definition) is 0. The molecule has 204 valence electrons. The van der Waals surface area contributed by atoms with Crippen LogP contribution in [0.3, 0.4) is 0 Å². The van der Waals surface area contributed by atoms with Crippen molar-refractivity contribution < 1.29 is 14.3 Å². The number of carbonyl (C=O) groups is 1. The van der Waals surface area contributed by atoms with Crippen LogP contribution in [0.1, 0.15) is 46.6 Å². The highest BCUT2D eigenvalue weighted by Gasteiger charge is 2.46. The van der Waals surface area contributed by atoms with Crippen LogP contribution in [0.4, 0.5) is 0 Å². The van der Waals surface area contributed by atoms with Crippen molar-refractivity contribution in [3.63, 3.8) is 0 Å². The van der Waals surface area contributed by atoms with Crippen LogP contribution in [0, 0.1) is 5.92 Å². The highest BCUT2D eigenvalue weighted by molar-refractivity contribution is 5.78. The summed E-state index contributed by atoms with van der Waals surface area (Å²) in [6, 6.07) is 52.0. The van der Waals surface area contributed by atoms with Gasteiger partial charge in [0.2, 0.25) is 0 Å². The molecule has 41 heavy (non-hydrogen) atoms.